The van der Waals surface area contributed by atoms with Gasteiger partial charge < -0.3 is 15.2 Å². The first kappa shape index (κ1) is 16.1. The number of alkyl carbamates (subject to hydrolysis) is 1. The lowest BCUT2D eigenvalue weighted by molar-refractivity contribution is 0.133. The van der Waals surface area contributed by atoms with Gasteiger partial charge in [-0.3, -0.25) is 0 Å². The van der Waals surface area contributed by atoms with Crippen molar-refractivity contribution in [3.8, 4) is 5.75 Å². The van der Waals surface area contributed by atoms with Gasteiger partial charge in [0, 0.05) is 6.54 Å². The highest BCUT2D eigenvalue weighted by Gasteiger charge is 2.05. The number of amides is 1. The Morgan fingerprint density at radius 3 is 2.90 bits per heavy atom. The van der Waals surface area contributed by atoms with Gasteiger partial charge in [0.25, 0.3) is 0 Å². The number of allylic oxidation sites excluding steroid dienone is 1. The third-order valence-electron chi connectivity index (χ3n) is 2.74. The van der Waals surface area contributed by atoms with Crippen molar-refractivity contribution in [2.45, 2.75) is 26.7 Å². The molecule has 0 saturated carbocycles. The van der Waals surface area contributed by atoms with Gasteiger partial charge in [-0.1, -0.05) is 32.1 Å². The fraction of sp³-hybridized carbons (Fsp3) is 0.438. The van der Waals surface area contributed by atoms with Crippen LogP contribution in [0.3, 0.4) is 0 Å². The van der Waals surface area contributed by atoms with E-state index in [4.69, 9.17) is 4.74 Å². The van der Waals surface area contributed by atoms with E-state index in [-0.39, 0.29) is 11.8 Å². The minimum atomic E-state index is -0.385. The number of hydrogen-bond acceptors (Lipinski definition) is 3. The average Bonchev–Trinajstić information content (AvgIpc) is 2.40. The SMILES string of the molecule is C=CCc1cc(CCNC(=O)OCC(C)C)ccc1O. The normalized spacial score (nSPS) is 10.3. The number of aromatic hydroxyl groups is 1. The number of rotatable bonds is 7. The van der Waals surface area contributed by atoms with E-state index in [0.29, 0.717) is 31.9 Å². The summed E-state index contributed by atoms with van der Waals surface area (Å²) in [5.74, 6) is 0.609. The zero-order valence-corrected chi connectivity index (χ0v) is 12.2. The lowest BCUT2D eigenvalue weighted by atomic mass is 10.0. The van der Waals surface area contributed by atoms with Crippen LogP contribution in [-0.4, -0.2) is 24.4 Å². The fourth-order valence-electron chi connectivity index (χ4n) is 1.72. The Hall–Kier alpha value is -1.97. The van der Waals surface area contributed by atoms with Gasteiger partial charge in [0.1, 0.15) is 5.75 Å². The van der Waals surface area contributed by atoms with Gasteiger partial charge in [-0.05, 0) is 36.0 Å². The summed E-state index contributed by atoms with van der Waals surface area (Å²) in [7, 11) is 0. The highest BCUT2D eigenvalue weighted by Crippen LogP contribution is 2.19. The van der Waals surface area contributed by atoms with Crippen LogP contribution in [0.2, 0.25) is 0 Å². The monoisotopic (exact) mass is 277 g/mol. The van der Waals surface area contributed by atoms with E-state index in [1.807, 2.05) is 26.0 Å². The minimum Gasteiger partial charge on any atom is -0.508 e. The molecular weight excluding hydrogens is 254 g/mol. The summed E-state index contributed by atoms with van der Waals surface area (Å²) in [6.07, 6.45) is 2.69. The van der Waals surface area contributed by atoms with Crippen molar-refractivity contribution in [3.05, 3.63) is 42.0 Å². The highest BCUT2D eigenvalue weighted by molar-refractivity contribution is 5.67. The van der Waals surface area contributed by atoms with Crippen molar-refractivity contribution in [1.29, 1.82) is 0 Å². The van der Waals surface area contributed by atoms with Gasteiger partial charge in [-0.25, -0.2) is 4.79 Å². The van der Waals surface area contributed by atoms with E-state index >= 15 is 0 Å². The van der Waals surface area contributed by atoms with E-state index in [0.717, 1.165) is 11.1 Å². The summed E-state index contributed by atoms with van der Waals surface area (Å²) in [6, 6.07) is 5.45. The van der Waals surface area contributed by atoms with Crippen LogP contribution >= 0.6 is 0 Å². The molecule has 0 aliphatic carbocycles. The maximum absolute atomic E-state index is 11.4. The zero-order chi connectivity index (χ0) is 15.0. The zero-order valence-electron chi connectivity index (χ0n) is 12.2. The molecule has 1 aromatic rings. The second kappa shape index (κ2) is 8.25. The molecule has 1 rings (SSSR count). The number of carbonyl (C=O) groups is 1. The van der Waals surface area contributed by atoms with Gasteiger partial charge in [-0.15, -0.1) is 6.58 Å². The standard InChI is InChI=1S/C16H23NO3/c1-4-5-14-10-13(6-7-15(14)18)8-9-17-16(19)20-11-12(2)3/h4,6-7,10,12,18H,1,5,8-9,11H2,2-3H3,(H,17,19). The van der Waals surface area contributed by atoms with Crippen molar-refractivity contribution in [2.75, 3.05) is 13.2 Å². The molecule has 0 atom stereocenters. The molecule has 0 heterocycles. The van der Waals surface area contributed by atoms with Gasteiger partial charge in [0.05, 0.1) is 6.61 Å². The Morgan fingerprint density at radius 1 is 1.50 bits per heavy atom. The van der Waals surface area contributed by atoms with Gasteiger partial charge in [0.2, 0.25) is 0 Å². The van der Waals surface area contributed by atoms with Crippen LogP contribution < -0.4 is 5.32 Å². The van der Waals surface area contributed by atoms with Crippen LogP contribution in [0.4, 0.5) is 4.79 Å². The largest absolute Gasteiger partial charge is 0.508 e. The summed E-state index contributed by atoms with van der Waals surface area (Å²) in [4.78, 5) is 11.4. The number of phenolic OH excluding ortho intramolecular Hbond substituents is 1. The fourth-order valence-corrected chi connectivity index (χ4v) is 1.72. The molecule has 4 nitrogen and oxygen atoms in total. The van der Waals surface area contributed by atoms with Gasteiger partial charge >= 0.3 is 6.09 Å². The van der Waals surface area contributed by atoms with Crippen molar-refractivity contribution in [2.24, 2.45) is 5.92 Å². The van der Waals surface area contributed by atoms with Gasteiger partial charge in [-0.2, -0.15) is 0 Å². The predicted octanol–water partition coefficient (Wildman–Crippen LogP) is 3.05. The van der Waals surface area contributed by atoms with E-state index in [9.17, 15) is 9.90 Å². The first-order valence-corrected chi connectivity index (χ1v) is 6.85. The Labute approximate surface area is 120 Å². The quantitative estimate of drug-likeness (QED) is 0.753. The van der Waals surface area contributed by atoms with Crippen LogP contribution in [0.5, 0.6) is 5.75 Å². The lowest BCUT2D eigenvalue weighted by Gasteiger charge is -2.09. The molecule has 2 N–H and O–H groups in total. The Balaban J connectivity index is 2.40. The molecule has 0 bridgehead atoms. The third kappa shape index (κ3) is 5.78. The summed E-state index contributed by atoms with van der Waals surface area (Å²) < 4.78 is 5.02. The Kier molecular flexibility index (Phi) is 6.64. The number of ether oxygens (including phenoxy) is 1. The molecule has 4 heteroatoms. The Morgan fingerprint density at radius 2 is 2.25 bits per heavy atom. The van der Waals surface area contributed by atoms with Crippen LogP contribution in [-0.2, 0) is 17.6 Å². The van der Waals surface area contributed by atoms with Crippen LogP contribution in [0, 0.1) is 5.92 Å². The number of nitrogens with one attached hydrogen (secondary N) is 1. The molecule has 1 aromatic carbocycles. The number of phenols is 1. The topological polar surface area (TPSA) is 58.6 Å². The molecule has 0 saturated heterocycles. The van der Waals surface area contributed by atoms with Crippen molar-refractivity contribution >= 4 is 6.09 Å². The lowest BCUT2D eigenvalue weighted by Crippen LogP contribution is -2.27. The molecule has 0 radical (unpaired) electrons. The number of benzene rings is 1. The molecule has 20 heavy (non-hydrogen) atoms. The molecule has 0 aliphatic rings. The maximum Gasteiger partial charge on any atom is 0.407 e. The molecule has 1 amide bonds. The van der Waals surface area contributed by atoms with Crippen molar-refractivity contribution in [1.82, 2.24) is 5.32 Å². The van der Waals surface area contributed by atoms with E-state index in [2.05, 4.69) is 11.9 Å². The molecule has 0 aliphatic heterocycles. The maximum atomic E-state index is 11.4. The summed E-state index contributed by atoms with van der Waals surface area (Å²) >= 11 is 0. The smallest absolute Gasteiger partial charge is 0.407 e. The van der Waals surface area contributed by atoms with Crippen LogP contribution in [0.1, 0.15) is 25.0 Å². The van der Waals surface area contributed by atoms with Crippen LogP contribution in [0.15, 0.2) is 30.9 Å². The molecule has 110 valence electrons. The third-order valence-corrected chi connectivity index (χ3v) is 2.74. The average molecular weight is 277 g/mol. The van der Waals surface area contributed by atoms with Crippen molar-refractivity contribution in [3.63, 3.8) is 0 Å². The summed E-state index contributed by atoms with van der Waals surface area (Å²) in [6.45, 7) is 8.58. The van der Waals surface area contributed by atoms with Crippen LogP contribution in [0.25, 0.3) is 0 Å². The predicted molar refractivity (Wildman–Crippen MR) is 79.9 cm³/mol. The second-order valence-corrected chi connectivity index (χ2v) is 5.12. The van der Waals surface area contributed by atoms with Crippen molar-refractivity contribution < 1.29 is 14.6 Å². The highest BCUT2D eigenvalue weighted by atomic mass is 16.5. The summed E-state index contributed by atoms with van der Waals surface area (Å²) in [5.41, 5.74) is 1.91. The minimum absolute atomic E-state index is 0.276. The molecule has 0 spiro atoms. The Bertz CT molecular complexity index is 455. The molecule has 0 aromatic heterocycles. The number of carbonyl (C=O) groups excluding carboxylic acids is 1. The second-order valence-electron chi connectivity index (χ2n) is 5.12. The van der Waals surface area contributed by atoms with E-state index < -0.39 is 0 Å². The molecule has 0 unspecified atom stereocenters. The summed E-state index contributed by atoms with van der Waals surface area (Å²) in [5, 5.41) is 12.4. The van der Waals surface area contributed by atoms with E-state index in [1.54, 1.807) is 12.1 Å². The first-order chi connectivity index (χ1) is 9.52. The molecule has 0 fully saturated rings. The first-order valence-electron chi connectivity index (χ1n) is 6.85. The molecular formula is C16H23NO3. The van der Waals surface area contributed by atoms with Gasteiger partial charge in [0.15, 0.2) is 0 Å². The number of hydrogen-bond donors (Lipinski definition) is 2. The van der Waals surface area contributed by atoms with E-state index in [1.165, 1.54) is 0 Å².